The first kappa shape index (κ1) is 24.3. The zero-order chi connectivity index (χ0) is 21.9. The van der Waals surface area contributed by atoms with Crippen LogP contribution >= 0.6 is 12.4 Å². The molecule has 0 bridgehead atoms. The molecule has 2 atom stereocenters. The summed E-state index contributed by atoms with van der Waals surface area (Å²) >= 11 is 0. The van der Waals surface area contributed by atoms with Crippen molar-refractivity contribution in [1.29, 1.82) is 0 Å². The fourth-order valence-corrected chi connectivity index (χ4v) is 6.09. The molecule has 5 rings (SSSR count). The number of nitrogens with zero attached hydrogens (tertiary/aromatic N) is 2. The van der Waals surface area contributed by atoms with Crippen molar-refractivity contribution in [3.05, 3.63) is 71.3 Å². The molecule has 3 aliphatic rings. The third-order valence-electron chi connectivity index (χ3n) is 8.06. The van der Waals surface area contributed by atoms with Gasteiger partial charge in [-0.25, -0.2) is 0 Å². The number of aliphatic hydroxyl groups is 1. The van der Waals surface area contributed by atoms with Crippen molar-refractivity contribution in [2.75, 3.05) is 26.2 Å². The van der Waals surface area contributed by atoms with Gasteiger partial charge in [-0.2, -0.15) is 0 Å². The first-order valence-corrected chi connectivity index (χ1v) is 12.5. The Hall–Kier alpha value is -1.88. The molecule has 2 aliphatic heterocycles. The van der Waals surface area contributed by atoms with Gasteiger partial charge in [0, 0.05) is 31.5 Å². The van der Waals surface area contributed by atoms with Crippen molar-refractivity contribution in [3.63, 3.8) is 0 Å². The second-order valence-corrected chi connectivity index (χ2v) is 10.1. The molecule has 0 aromatic heterocycles. The van der Waals surface area contributed by atoms with Crippen molar-refractivity contribution in [3.8, 4) is 0 Å². The van der Waals surface area contributed by atoms with Gasteiger partial charge in [0.1, 0.15) is 0 Å². The van der Waals surface area contributed by atoms with E-state index in [4.69, 9.17) is 0 Å². The van der Waals surface area contributed by atoms with Crippen LogP contribution < -0.4 is 0 Å². The van der Waals surface area contributed by atoms with E-state index < -0.39 is 0 Å². The molecule has 2 heterocycles. The molecule has 0 unspecified atom stereocenters. The third kappa shape index (κ3) is 5.62. The van der Waals surface area contributed by atoms with Crippen molar-refractivity contribution < 1.29 is 9.90 Å². The molecule has 0 spiro atoms. The number of carbonyl (C=O) groups is 1. The van der Waals surface area contributed by atoms with Gasteiger partial charge in [-0.15, -0.1) is 12.4 Å². The lowest BCUT2D eigenvalue weighted by molar-refractivity contribution is -0.139. The van der Waals surface area contributed by atoms with Gasteiger partial charge in [0.05, 0.1) is 6.10 Å². The van der Waals surface area contributed by atoms with Crippen molar-refractivity contribution >= 4 is 18.3 Å². The quantitative estimate of drug-likeness (QED) is 0.733. The average molecular weight is 469 g/mol. The van der Waals surface area contributed by atoms with Gasteiger partial charge in [-0.3, -0.25) is 9.69 Å². The highest BCUT2D eigenvalue weighted by Gasteiger charge is 2.36. The van der Waals surface area contributed by atoms with E-state index in [-0.39, 0.29) is 30.5 Å². The van der Waals surface area contributed by atoms with Crippen LogP contribution in [0, 0.1) is 11.8 Å². The fraction of sp³-hybridized carbons (Fsp3) is 0.536. The SMILES string of the molecule is Cl.O=C(C1CCN([C@@H]2Cc3ccccc3C[C@H]2O)CC1)N1CCC(Cc2ccccc2)CC1. The third-order valence-corrected chi connectivity index (χ3v) is 8.06. The topological polar surface area (TPSA) is 43.8 Å². The number of rotatable bonds is 4. The lowest BCUT2D eigenvalue weighted by Gasteiger charge is -2.43. The van der Waals surface area contributed by atoms with Crippen LogP contribution in [0.15, 0.2) is 54.6 Å². The fourth-order valence-electron chi connectivity index (χ4n) is 6.09. The Bertz CT molecular complexity index is 905. The Kier molecular flexibility index (Phi) is 8.11. The first-order valence-electron chi connectivity index (χ1n) is 12.5. The van der Waals surface area contributed by atoms with Crippen LogP contribution in [0.2, 0.25) is 0 Å². The average Bonchev–Trinajstić information content (AvgIpc) is 2.84. The maximum absolute atomic E-state index is 13.2. The monoisotopic (exact) mass is 468 g/mol. The summed E-state index contributed by atoms with van der Waals surface area (Å²) in [6, 6.07) is 19.4. The molecule has 2 saturated heterocycles. The highest BCUT2D eigenvalue weighted by molar-refractivity contribution is 5.85. The standard InChI is InChI=1S/C28H36N2O2.ClH/c31-27-20-25-9-5-4-8-24(25)19-26(27)29-16-12-23(13-17-29)28(32)30-14-10-22(11-15-30)18-21-6-2-1-3-7-21;/h1-9,22-23,26-27,31H,10-20H2;1H/t26-,27-;/m1./s1. The van der Waals surface area contributed by atoms with Crippen LogP contribution in [-0.4, -0.2) is 59.1 Å². The molecule has 1 amide bonds. The van der Waals surface area contributed by atoms with Crippen LogP contribution in [0.3, 0.4) is 0 Å². The van der Waals surface area contributed by atoms with E-state index in [9.17, 15) is 9.90 Å². The molecular weight excluding hydrogens is 432 g/mol. The molecule has 2 fully saturated rings. The zero-order valence-electron chi connectivity index (χ0n) is 19.4. The summed E-state index contributed by atoms with van der Waals surface area (Å²) in [7, 11) is 0. The Morgan fingerprint density at radius 3 is 2.09 bits per heavy atom. The number of halogens is 1. The second kappa shape index (κ2) is 11.0. The minimum Gasteiger partial charge on any atom is -0.391 e. The minimum absolute atomic E-state index is 0. The van der Waals surface area contributed by atoms with Crippen molar-refractivity contribution in [2.45, 2.75) is 57.1 Å². The van der Waals surface area contributed by atoms with E-state index in [1.54, 1.807) is 0 Å². The molecule has 1 aliphatic carbocycles. The van der Waals surface area contributed by atoms with Crippen molar-refractivity contribution in [1.82, 2.24) is 9.80 Å². The van der Waals surface area contributed by atoms with Crippen LogP contribution in [0.1, 0.15) is 42.4 Å². The molecule has 1 N–H and O–H groups in total. The first-order chi connectivity index (χ1) is 15.7. The number of aliphatic hydroxyl groups excluding tert-OH is 1. The number of fused-ring (bicyclic) bond motifs is 1. The second-order valence-electron chi connectivity index (χ2n) is 10.1. The van der Waals surface area contributed by atoms with Gasteiger partial charge in [0.15, 0.2) is 0 Å². The molecule has 33 heavy (non-hydrogen) atoms. The zero-order valence-corrected chi connectivity index (χ0v) is 20.3. The molecule has 0 saturated carbocycles. The summed E-state index contributed by atoms with van der Waals surface area (Å²) in [6.07, 6.45) is 6.58. The predicted molar refractivity (Wildman–Crippen MR) is 135 cm³/mol. The smallest absolute Gasteiger partial charge is 0.225 e. The van der Waals surface area contributed by atoms with E-state index >= 15 is 0 Å². The van der Waals surface area contributed by atoms with E-state index in [1.165, 1.54) is 16.7 Å². The Labute approximate surface area is 204 Å². The summed E-state index contributed by atoms with van der Waals surface area (Å²) in [5.74, 6) is 1.22. The van der Waals surface area contributed by atoms with Crippen LogP contribution in [0.5, 0.6) is 0 Å². The number of carbonyl (C=O) groups excluding carboxylic acids is 1. The highest BCUT2D eigenvalue weighted by atomic mass is 35.5. The Balaban J connectivity index is 0.00000259. The van der Waals surface area contributed by atoms with Gasteiger partial charge in [0.25, 0.3) is 0 Å². The number of amides is 1. The Morgan fingerprint density at radius 1 is 0.818 bits per heavy atom. The highest BCUT2D eigenvalue weighted by Crippen LogP contribution is 2.30. The number of hydrogen-bond donors (Lipinski definition) is 1. The molecule has 0 radical (unpaired) electrons. The molecule has 4 nitrogen and oxygen atoms in total. The maximum Gasteiger partial charge on any atom is 0.225 e. The summed E-state index contributed by atoms with van der Waals surface area (Å²) in [6.45, 7) is 3.67. The van der Waals surface area contributed by atoms with Crippen LogP contribution in [0.25, 0.3) is 0 Å². The lowest BCUT2D eigenvalue weighted by atomic mass is 9.83. The van der Waals surface area contributed by atoms with Crippen molar-refractivity contribution in [2.24, 2.45) is 11.8 Å². The van der Waals surface area contributed by atoms with Gasteiger partial charge in [-0.05, 0) is 74.2 Å². The van der Waals surface area contributed by atoms with Gasteiger partial charge in [-0.1, -0.05) is 54.6 Å². The number of piperidine rings is 2. The number of benzene rings is 2. The van der Waals surface area contributed by atoms with Gasteiger partial charge in [0.2, 0.25) is 5.91 Å². The number of hydrogen-bond acceptors (Lipinski definition) is 3. The maximum atomic E-state index is 13.2. The van der Waals surface area contributed by atoms with E-state index in [2.05, 4.69) is 64.4 Å². The minimum atomic E-state index is -0.305. The van der Waals surface area contributed by atoms with Gasteiger partial charge < -0.3 is 10.0 Å². The van der Waals surface area contributed by atoms with E-state index in [0.29, 0.717) is 11.8 Å². The number of likely N-dealkylation sites (tertiary alicyclic amines) is 2. The van der Waals surface area contributed by atoms with Crippen LogP contribution in [-0.2, 0) is 24.1 Å². The largest absolute Gasteiger partial charge is 0.391 e. The van der Waals surface area contributed by atoms with E-state index in [0.717, 1.165) is 71.1 Å². The predicted octanol–water partition coefficient (Wildman–Crippen LogP) is 4.13. The summed E-state index contributed by atoms with van der Waals surface area (Å²) < 4.78 is 0. The molecule has 2 aromatic carbocycles. The molecule has 5 heteroatoms. The Morgan fingerprint density at radius 2 is 1.42 bits per heavy atom. The summed E-state index contributed by atoms with van der Waals surface area (Å²) in [4.78, 5) is 17.8. The summed E-state index contributed by atoms with van der Waals surface area (Å²) in [5, 5.41) is 10.8. The van der Waals surface area contributed by atoms with E-state index in [1.807, 2.05) is 0 Å². The summed E-state index contributed by atoms with van der Waals surface area (Å²) in [5.41, 5.74) is 4.08. The van der Waals surface area contributed by atoms with Gasteiger partial charge >= 0.3 is 0 Å². The van der Waals surface area contributed by atoms with Crippen LogP contribution in [0.4, 0.5) is 0 Å². The molecule has 2 aromatic rings. The normalized spacial score (nSPS) is 24.7. The molecular formula is C28H37ClN2O2. The lowest BCUT2D eigenvalue weighted by Crippen LogP contribution is -2.53. The molecule has 178 valence electrons.